The van der Waals surface area contributed by atoms with Gasteiger partial charge in [-0.25, -0.2) is 0 Å². The molecule has 0 saturated carbocycles. The quantitative estimate of drug-likeness (QED) is 0.665. The fourth-order valence-electron chi connectivity index (χ4n) is 2.21. The smallest absolute Gasteiger partial charge is 0.229 e. The number of pyridine rings is 1. The van der Waals surface area contributed by atoms with Crippen molar-refractivity contribution in [2.75, 3.05) is 10.6 Å². The number of anilines is 2. The monoisotopic (exact) mass is 397 g/mol. The molecule has 0 unspecified atom stereocenters. The van der Waals surface area contributed by atoms with Gasteiger partial charge in [0, 0.05) is 23.4 Å². The number of aromatic nitrogens is 3. The highest BCUT2D eigenvalue weighted by Gasteiger charge is 2.06. The molecule has 0 aliphatic rings. The van der Waals surface area contributed by atoms with E-state index in [1.165, 1.54) is 0 Å². The summed E-state index contributed by atoms with van der Waals surface area (Å²) in [5.41, 5.74) is 1.98. The summed E-state index contributed by atoms with van der Waals surface area (Å²) in [5, 5.41) is 14.0. The molecule has 0 bridgehead atoms. The zero-order chi connectivity index (χ0) is 17.5. The van der Waals surface area contributed by atoms with Gasteiger partial charge in [0.25, 0.3) is 0 Å². The average Bonchev–Trinajstić information content (AvgIpc) is 2.62. The summed E-state index contributed by atoms with van der Waals surface area (Å²) in [6.45, 7) is 0.608. The lowest BCUT2D eigenvalue weighted by Crippen LogP contribution is -2.16. The molecule has 0 radical (unpaired) electrons. The maximum Gasteiger partial charge on any atom is 0.229 e. The third-order valence-corrected chi connectivity index (χ3v) is 3.88. The molecule has 0 fully saturated rings. The number of rotatable bonds is 6. The van der Waals surface area contributed by atoms with E-state index in [1.807, 2.05) is 36.4 Å². The Morgan fingerprint density at radius 1 is 1.00 bits per heavy atom. The van der Waals surface area contributed by atoms with E-state index in [0.717, 1.165) is 15.6 Å². The molecule has 6 nitrogen and oxygen atoms in total. The number of hydrogen-bond donors (Lipinski definition) is 2. The fraction of sp³-hybridized carbons (Fsp3) is 0.111. The highest BCUT2D eigenvalue weighted by Crippen LogP contribution is 2.13. The molecule has 0 saturated heterocycles. The van der Waals surface area contributed by atoms with Crippen LogP contribution in [-0.4, -0.2) is 21.1 Å². The molecule has 2 heterocycles. The van der Waals surface area contributed by atoms with Crippen LogP contribution in [0.25, 0.3) is 0 Å². The van der Waals surface area contributed by atoms with Crippen LogP contribution in [0.1, 0.15) is 11.1 Å². The molecule has 126 valence electrons. The second kappa shape index (κ2) is 8.34. The minimum absolute atomic E-state index is 0.136. The van der Waals surface area contributed by atoms with Gasteiger partial charge in [-0.05, 0) is 41.5 Å². The largest absolute Gasteiger partial charge is 0.364 e. The molecule has 0 spiro atoms. The molecule has 25 heavy (non-hydrogen) atoms. The van der Waals surface area contributed by atoms with Crippen LogP contribution in [0.4, 0.5) is 11.6 Å². The number of nitrogens with one attached hydrogen (secondary N) is 2. The minimum atomic E-state index is -0.136. The number of benzene rings is 1. The van der Waals surface area contributed by atoms with Crippen molar-refractivity contribution in [3.63, 3.8) is 0 Å². The Kier molecular flexibility index (Phi) is 5.69. The van der Waals surface area contributed by atoms with Gasteiger partial charge in [-0.15, -0.1) is 10.2 Å². The first-order valence-corrected chi connectivity index (χ1v) is 8.49. The van der Waals surface area contributed by atoms with E-state index in [9.17, 15) is 4.79 Å². The van der Waals surface area contributed by atoms with Gasteiger partial charge in [0.15, 0.2) is 5.82 Å². The van der Waals surface area contributed by atoms with Crippen LogP contribution in [0.2, 0.25) is 0 Å². The summed E-state index contributed by atoms with van der Waals surface area (Å²) in [7, 11) is 0. The number of halogens is 1. The van der Waals surface area contributed by atoms with Gasteiger partial charge < -0.3 is 10.6 Å². The fourth-order valence-corrected chi connectivity index (χ4v) is 2.65. The molecule has 0 atom stereocenters. The molecule has 1 amide bonds. The van der Waals surface area contributed by atoms with Crippen molar-refractivity contribution in [2.45, 2.75) is 13.0 Å². The van der Waals surface area contributed by atoms with Crippen LogP contribution in [-0.2, 0) is 17.8 Å². The van der Waals surface area contributed by atoms with Crippen molar-refractivity contribution < 1.29 is 4.79 Å². The SMILES string of the molecule is O=C(Cc1cccc(Br)c1)Nc1ccc(NCc2cccnc2)nn1. The molecular weight excluding hydrogens is 382 g/mol. The van der Waals surface area contributed by atoms with E-state index in [4.69, 9.17) is 0 Å². The van der Waals surface area contributed by atoms with Gasteiger partial charge in [0.2, 0.25) is 5.91 Å². The molecule has 0 aliphatic heterocycles. The summed E-state index contributed by atoms with van der Waals surface area (Å²) in [6.07, 6.45) is 3.80. The van der Waals surface area contributed by atoms with Crippen LogP contribution in [0, 0.1) is 0 Å². The zero-order valence-corrected chi connectivity index (χ0v) is 14.9. The van der Waals surface area contributed by atoms with Crippen molar-refractivity contribution in [1.29, 1.82) is 0 Å². The van der Waals surface area contributed by atoms with E-state index < -0.39 is 0 Å². The van der Waals surface area contributed by atoms with Crippen molar-refractivity contribution >= 4 is 33.5 Å². The molecule has 3 aromatic rings. The topological polar surface area (TPSA) is 79.8 Å². The minimum Gasteiger partial charge on any atom is -0.364 e. The van der Waals surface area contributed by atoms with Gasteiger partial charge in [0.1, 0.15) is 5.82 Å². The molecule has 2 N–H and O–H groups in total. The average molecular weight is 398 g/mol. The first kappa shape index (κ1) is 17.0. The Hall–Kier alpha value is -2.80. The zero-order valence-electron chi connectivity index (χ0n) is 13.3. The Bertz CT molecular complexity index is 840. The molecule has 7 heteroatoms. The van der Waals surface area contributed by atoms with Gasteiger partial charge in [0.05, 0.1) is 6.42 Å². The molecule has 0 aliphatic carbocycles. The van der Waals surface area contributed by atoms with Crippen molar-refractivity contribution in [3.8, 4) is 0 Å². The Morgan fingerprint density at radius 2 is 1.80 bits per heavy atom. The first-order valence-electron chi connectivity index (χ1n) is 7.70. The molecule has 2 aromatic heterocycles. The standard InChI is InChI=1S/C18H16BrN5O/c19-15-5-1-3-13(9-15)10-18(25)22-17-7-6-16(23-24-17)21-12-14-4-2-8-20-11-14/h1-9,11H,10,12H2,(H,21,23)(H,22,24,25). The summed E-state index contributed by atoms with van der Waals surface area (Å²) < 4.78 is 0.946. The summed E-state index contributed by atoms with van der Waals surface area (Å²) in [4.78, 5) is 16.1. The highest BCUT2D eigenvalue weighted by atomic mass is 79.9. The van der Waals surface area contributed by atoms with Crippen LogP contribution in [0.15, 0.2) is 65.4 Å². The van der Waals surface area contributed by atoms with Gasteiger partial charge in [-0.1, -0.05) is 34.1 Å². The number of nitrogens with zero attached hydrogens (tertiary/aromatic N) is 3. The number of carbonyl (C=O) groups excluding carboxylic acids is 1. The van der Waals surface area contributed by atoms with E-state index >= 15 is 0 Å². The lowest BCUT2D eigenvalue weighted by Gasteiger charge is -2.07. The first-order chi connectivity index (χ1) is 12.2. The molecular formula is C18H16BrN5O. The van der Waals surface area contributed by atoms with Gasteiger partial charge in [-0.2, -0.15) is 0 Å². The van der Waals surface area contributed by atoms with Crippen molar-refractivity contribution in [3.05, 3.63) is 76.5 Å². The third-order valence-electron chi connectivity index (χ3n) is 3.38. The lowest BCUT2D eigenvalue weighted by atomic mass is 10.1. The summed E-state index contributed by atoms with van der Waals surface area (Å²) >= 11 is 3.39. The Balaban J connectivity index is 1.52. The lowest BCUT2D eigenvalue weighted by molar-refractivity contribution is -0.115. The Morgan fingerprint density at radius 3 is 2.52 bits per heavy atom. The van der Waals surface area contributed by atoms with Crippen molar-refractivity contribution in [1.82, 2.24) is 15.2 Å². The van der Waals surface area contributed by atoms with Crippen LogP contribution >= 0.6 is 15.9 Å². The number of amides is 1. The highest BCUT2D eigenvalue weighted by molar-refractivity contribution is 9.10. The van der Waals surface area contributed by atoms with E-state index in [1.54, 1.807) is 24.5 Å². The van der Waals surface area contributed by atoms with E-state index in [2.05, 4.69) is 41.7 Å². The van der Waals surface area contributed by atoms with E-state index in [-0.39, 0.29) is 12.3 Å². The maximum atomic E-state index is 12.1. The van der Waals surface area contributed by atoms with Crippen LogP contribution in [0.3, 0.4) is 0 Å². The van der Waals surface area contributed by atoms with Gasteiger partial charge >= 0.3 is 0 Å². The second-order valence-electron chi connectivity index (χ2n) is 5.37. The molecule has 3 rings (SSSR count). The van der Waals surface area contributed by atoms with Crippen LogP contribution < -0.4 is 10.6 Å². The predicted molar refractivity (Wildman–Crippen MR) is 100 cm³/mol. The number of hydrogen-bond acceptors (Lipinski definition) is 5. The molecule has 1 aromatic carbocycles. The summed E-state index contributed by atoms with van der Waals surface area (Å²) in [6, 6.07) is 15.0. The second-order valence-corrected chi connectivity index (χ2v) is 6.29. The third kappa shape index (κ3) is 5.36. The normalized spacial score (nSPS) is 10.3. The van der Waals surface area contributed by atoms with Crippen LogP contribution in [0.5, 0.6) is 0 Å². The van der Waals surface area contributed by atoms with Gasteiger partial charge in [-0.3, -0.25) is 9.78 Å². The van der Waals surface area contributed by atoms with E-state index in [0.29, 0.717) is 18.2 Å². The Labute approximate surface area is 153 Å². The summed E-state index contributed by atoms with van der Waals surface area (Å²) in [5.74, 6) is 0.921. The predicted octanol–water partition coefficient (Wildman–Crippen LogP) is 3.43. The maximum absolute atomic E-state index is 12.1. The van der Waals surface area contributed by atoms with Crippen molar-refractivity contribution in [2.24, 2.45) is 0 Å². The number of carbonyl (C=O) groups is 1.